The summed E-state index contributed by atoms with van der Waals surface area (Å²) in [5.41, 5.74) is 7.69. The molecule has 3 rings (SSSR count). The van der Waals surface area contributed by atoms with Gasteiger partial charge in [0.1, 0.15) is 12.1 Å². The molecule has 3 aromatic rings. The van der Waals surface area contributed by atoms with Gasteiger partial charge in [0.05, 0.1) is 5.69 Å². The van der Waals surface area contributed by atoms with Gasteiger partial charge in [-0.15, -0.1) is 25.6 Å². The fraction of sp³-hybridized carbons (Fsp3) is 0.158. The van der Waals surface area contributed by atoms with E-state index in [0.29, 0.717) is 18.1 Å². The molecular formula is C19H17ClF4N4O. The van der Waals surface area contributed by atoms with Gasteiger partial charge in [-0.05, 0) is 23.8 Å². The molecule has 29 heavy (non-hydrogen) atoms. The smallest absolute Gasteiger partial charge is 0.403 e. The van der Waals surface area contributed by atoms with Crippen LogP contribution in [-0.4, -0.2) is 22.9 Å². The number of nitrogens with one attached hydrogen (secondary N) is 1. The lowest BCUT2D eigenvalue weighted by molar-refractivity contribution is -0.275. The lowest BCUT2D eigenvalue weighted by Crippen LogP contribution is -2.21. The van der Waals surface area contributed by atoms with Gasteiger partial charge in [-0.25, -0.2) is 14.4 Å². The standard InChI is InChI=1S/C19H16F4N4O.ClH/c20-14-8-13(6-7-17(14)28-19(21,22)23)16-9-18(27-11-26-16)25-10-15(24)12-4-2-1-3-5-12;/h1-9,11,15H,10,24H2,(H,25,26,27);1H. The monoisotopic (exact) mass is 428 g/mol. The largest absolute Gasteiger partial charge is 0.573 e. The molecule has 0 spiro atoms. The van der Waals surface area contributed by atoms with Crippen LogP contribution in [0.4, 0.5) is 23.4 Å². The van der Waals surface area contributed by atoms with E-state index in [1.54, 1.807) is 6.07 Å². The molecule has 0 saturated carbocycles. The first-order valence-corrected chi connectivity index (χ1v) is 8.24. The van der Waals surface area contributed by atoms with Crippen molar-refractivity contribution in [3.8, 4) is 17.0 Å². The van der Waals surface area contributed by atoms with E-state index < -0.39 is 17.9 Å². The van der Waals surface area contributed by atoms with E-state index in [1.165, 1.54) is 12.4 Å². The van der Waals surface area contributed by atoms with Crippen LogP contribution in [0.3, 0.4) is 0 Å². The molecule has 10 heteroatoms. The van der Waals surface area contributed by atoms with Crippen LogP contribution in [0.5, 0.6) is 5.75 Å². The summed E-state index contributed by atoms with van der Waals surface area (Å²) in [6, 6.07) is 13.9. The van der Waals surface area contributed by atoms with E-state index in [-0.39, 0.29) is 24.0 Å². The number of nitrogens with zero attached hydrogens (tertiary/aromatic N) is 2. The molecular weight excluding hydrogens is 412 g/mol. The van der Waals surface area contributed by atoms with Gasteiger partial charge in [0, 0.05) is 24.2 Å². The van der Waals surface area contributed by atoms with Crippen LogP contribution < -0.4 is 15.8 Å². The minimum absolute atomic E-state index is 0. The number of alkyl halides is 3. The highest BCUT2D eigenvalue weighted by Crippen LogP contribution is 2.29. The van der Waals surface area contributed by atoms with Gasteiger partial charge >= 0.3 is 6.36 Å². The van der Waals surface area contributed by atoms with Crippen LogP contribution >= 0.6 is 12.4 Å². The van der Waals surface area contributed by atoms with E-state index in [2.05, 4.69) is 20.0 Å². The van der Waals surface area contributed by atoms with Crippen molar-refractivity contribution in [1.29, 1.82) is 0 Å². The molecule has 0 amide bonds. The summed E-state index contributed by atoms with van der Waals surface area (Å²) in [7, 11) is 0. The number of nitrogens with two attached hydrogens (primary N) is 1. The van der Waals surface area contributed by atoms with Crippen LogP contribution in [0.1, 0.15) is 11.6 Å². The number of hydrogen-bond donors (Lipinski definition) is 2. The molecule has 1 heterocycles. The molecule has 5 nitrogen and oxygen atoms in total. The fourth-order valence-electron chi connectivity index (χ4n) is 2.51. The van der Waals surface area contributed by atoms with Gasteiger partial charge in [0.15, 0.2) is 11.6 Å². The topological polar surface area (TPSA) is 73.1 Å². The summed E-state index contributed by atoms with van der Waals surface area (Å²) >= 11 is 0. The Bertz CT molecular complexity index is 941. The Morgan fingerprint density at radius 3 is 2.41 bits per heavy atom. The lowest BCUT2D eigenvalue weighted by atomic mass is 10.1. The quantitative estimate of drug-likeness (QED) is 0.556. The summed E-state index contributed by atoms with van der Waals surface area (Å²) in [6.45, 7) is 0.396. The highest BCUT2D eigenvalue weighted by Gasteiger charge is 2.32. The van der Waals surface area contributed by atoms with Crippen LogP contribution in [0.15, 0.2) is 60.9 Å². The van der Waals surface area contributed by atoms with E-state index in [1.807, 2.05) is 30.3 Å². The molecule has 0 bridgehead atoms. The van der Waals surface area contributed by atoms with E-state index in [4.69, 9.17) is 5.73 Å². The Hall–Kier alpha value is -2.91. The third kappa shape index (κ3) is 6.30. The van der Waals surface area contributed by atoms with Crippen molar-refractivity contribution in [3.05, 3.63) is 72.3 Å². The van der Waals surface area contributed by atoms with Gasteiger partial charge in [-0.2, -0.15) is 0 Å². The second kappa shape index (κ2) is 9.53. The Labute approximate surface area is 170 Å². The Morgan fingerprint density at radius 1 is 1.03 bits per heavy atom. The number of benzene rings is 2. The highest BCUT2D eigenvalue weighted by molar-refractivity contribution is 5.85. The Morgan fingerprint density at radius 2 is 1.76 bits per heavy atom. The first kappa shape index (κ1) is 22.4. The molecule has 0 aliphatic heterocycles. The molecule has 0 aliphatic carbocycles. The average Bonchev–Trinajstić information content (AvgIpc) is 2.67. The predicted molar refractivity (Wildman–Crippen MR) is 103 cm³/mol. The number of hydrogen-bond acceptors (Lipinski definition) is 5. The minimum atomic E-state index is -4.97. The number of anilines is 1. The Kier molecular flexibility index (Phi) is 7.35. The van der Waals surface area contributed by atoms with E-state index in [0.717, 1.165) is 17.7 Å². The first-order valence-electron chi connectivity index (χ1n) is 8.24. The molecule has 0 aliphatic rings. The number of halogens is 5. The van der Waals surface area contributed by atoms with Gasteiger partial charge in [-0.1, -0.05) is 30.3 Å². The maximum atomic E-state index is 13.9. The predicted octanol–water partition coefficient (Wildman–Crippen LogP) is 4.72. The van der Waals surface area contributed by atoms with Crippen LogP contribution in [0.2, 0.25) is 0 Å². The second-order valence-corrected chi connectivity index (χ2v) is 5.88. The molecule has 3 N–H and O–H groups in total. The van der Waals surface area contributed by atoms with Crippen molar-refractivity contribution in [2.45, 2.75) is 12.4 Å². The molecule has 2 aromatic carbocycles. The fourth-order valence-corrected chi connectivity index (χ4v) is 2.51. The van der Waals surface area contributed by atoms with Crippen molar-refractivity contribution in [2.75, 3.05) is 11.9 Å². The summed E-state index contributed by atoms with van der Waals surface area (Å²) in [5.74, 6) is -1.60. The molecule has 0 radical (unpaired) electrons. The van der Waals surface area contributed by atoms with Crippen molar-refractivity contribution in [3.63, 3.8) is 0 Å². The van der Waals surface area contributed by atoms with Gasteiger partial charge in [-0.3, -0.25) is 0 Å². The molecule has 1 aromatic heterocycles. The lowest BCUT2D eigenvalue weighted by Gasteiger charge is -2.14. The zero-order valence-electron chi connectivity index (χ0n) is 14.9. The maximum Gasteiger partial charge on any atom is 0.573 e. The number of rotatable bonds is 6. The second-order valence-electron chi connectivity index (χ2n) is 5.88. The van der Waals surface area contributed by atoms with Crippen molar-refractivity contribution in [1.82, 2.24) is 9.97 Å². The molecule has 154 valence electrons. The van der Waals surface area contributed by atoms with Crippen LogP contribution in [0.25, 0.3) is 11.3 Å². The van der Waals surface area contributed by atoms with Crippen molar-refractivity contribution in [2.24, 2.45) is 5.73 Å². The minimum Gasteiger partial charge on any atom is -0.403 e. The summed E-state index contributed by atoms with van der Waals surface area (Å²) in [5, 5.41) is 3.07. The van der Waals surface area contributed by atoms with Gasteiger partial charge < -0.3 is 15.8 Å². The molecule has 0 saturated heterocycles. The summed E-state index contributed by atoms with van der Waals surface area (Å²) in [4.78, 5) is 8.10. The summed E-state index contributed by atoms with van der Waals surface area (Å²) < 4.78 is 54.3. The highest BCUT2D eigenvalue weighted by atomic mass is 35.5. The third-order valence-electron chi connectivity index (χ3n) is 3.85. The third-order valence-corrected chi connectivity index (χ3v) is 3.85. The first-order chi connectivity index (χ1) is 13.3. The number of aromatic nitrogens is 2. The Balaban J connectivity index is 0.00000300. The van der Waals surface area contributed by atoms with Gasteiger partial charge in [0.2, 0.25) is 0 Å². The van der Waals surface area contributed by atoms with E-state index >= 15 is 0 Å². The summed E-state index contributed by atoms with van der Waals surface area (Å²) in [6.07, 6.45) is -3.70. The normalized spacial score (nSPS) is 12.0. The van der Waals surface area contributed by atoms with Crippen molar-refractivity contribution < 1.29 is 22.3 Å². The van der Waals surface area contributed by atoms with Crippen molar-refractivity contribution >= 4 is 18.2 Å². The SMILES string of the molecule is Cl.NC(CNc1cc(-c2ccc(OC(F)(F)F)c(F)c2)ncn1)c1ccccc1. The maximum absolute atomic E-state index is 13.9. The number of ether oxygens (including phenoxy) is 1. The molecule has 1 unspecified atom stereocenters. The van der Waals surface area contributed by atoms with Crippen LogP contribution in [0, 0.1) is 5.82 Å². The zero-order chi connectivity index (χ0) is 20.1. The van der Waals surface area contributed by atoms with E-state index in [9.17, 15) is 17.6 Å². The molecule has 1 atom stereocenters. The zero-order valence-corrected chi connectivity index (χ0v) is 15.7. The molecule has 0 fully saturated rings. The van der Waals surface area contributed by atoms with Gasteiger partial charge in [0.25, 0.3) is 0 Å². The van der Waals surface area contributed by atoms with Crippen LogP contribution in [-0.2, 0) is 0 Å². The average molecular weight is 429 g/mol.